The van der Waals surface area contributed by atoms with Crippen molar-refractivity contribution in [3.05, 3.63) is 29.8 Å². The maximum Gasteiger partial charge on any atom is 0.405 e. The van der Waals surface area contributed by atoms with Crippen LogP contribution in [0.15, 0.2) is 24.3 Å². The molecule has 3 N–H and O–H groups in total. The monoisotopic (exact) mass is 211 g/mol. The Morgan fingerprint density at radius 3 is 2.47 bits per heavy atom. The van der Waals surface area contributed by atoms with Gasteiger partial charge in [-0.3, -0.25) is 0 Å². The van der Waals surface area contributed by atoms with Crippen LogP contribution < -0.4 is 10.5 Å². The SMILES string of the molecule is COc1ccc([C@@H](CO)OC(N)=O)cc1. The second kappa shape index (κ2) is 5.21. The van der Waals surface area contributed by atoms with Gasteiger partial charge in [-0.2, -0.15) is 0 Å². The van der Waals surface area contributed by atoms with Crippen LogP contribution in [0, 0.1) is 0 Å². The fraction of sp³-hybridized carbons (Fsp3) is 0.300. The van der Waals surface area contributed by atoms with Gasteiger partial charge in [-0.25, -0.2) is 4.79 Å². The lowest BCUT2D eigenvalue weighted by Gasteiger charge is -2.14. The van der Waals surface area contributed by atoms with Crippen molar-refractivity contribution in [3.63, 3.8) is 0 Å². The van der Waals surface area contributed by atoms with Crippen molar-refractivity contribution in [2.45, 2.75) is 6.10 Å². The lowest BCUT2D eigenvalue weighted by atomic mass is 10.1. The van der Waals surface area contributed by atoms with Crippen LogP contribution in [0.4, 0.5) is 4.79 Å². The number of methoxy groups -OCH3 is 1. The van der Waals surface area contributed by atoms with E-state index in [1.165, 1.54) is 0 Å². The molecule has 0 heterocycles. The molecule has 1 aromatic rings. The van der Waals surface area contributed by atoms with Crippen LogP contribution in [0.1, 0.15) is 11.7 Å². The first-order valence-electron chi connectivity index (χ1n) is 4.38. The van der Waals surface area contributed by atoms with E-state index >= 15 is 0 Å². The number of nitrogens with two attached hydrogens (primary N) is 1. The fourth-order valence-corrected chi connectivity index (χ4v) is 1.17. The number of ether oxygens (including phenoxy) is 2. The minimum absolute atomic E-state index is 0.310. The number of carbonyl (C=O) groups is 1. The lowest BCUT2D eigenvalue weighted by Crippen LogP contribution is -2.19. The van der Waals surface area contributed by atoms with Gasteiger partial charge in [0.05, 0.1) is 13.7 Å². The maximum absolute atomic E-state index is 10.5. The molecule has 5 heteroatoms. The number of aliphatic hydroxyl groups is 1. The Kier molecular flexibility index (Phi) is 3.93. The summed E-state index contributed by atoms with van der Waals surface area (Å²) in [5, 5.41) is 8.99. The Morgan fingerprint density at radius 1 is 1.47 bits per heavy atom. The number of amides is 1. The number of hydrogen-bond donors (Lipinski definition) is 2. The summed E-state index contributed by atoms with van der Waals surface area (Å²) in [4.78, 5) is 10.5. The van der Waals surface area contributed by atoms with Crippen molar-refractivity contribution >= 4 is 6.09 Å². The van der Waals surface area contributed by atoms with E-state index in [2.05, 4.69) is 0 Å². The number of benzene rings is 1. The van der Waals surface area contributed by atoms with Gasteiger partial charge in [-0.15, -0.1) is 0 Å². The van der Waals surface area contributed by atoms with E-state index in [1.807, 2.05) is 0 Å². The highest BCUT2D eigenvalue weighted by Crippen LogP contribution is 2.19. The molecule has 5 nitrogen and oxygen atoms in total. The van der Waals surface area contributed by atoms with Gasteiger partial charge in [0, 0.05) is 0 Å². The number of hydrogen-bond acceptors (Lipinski definition) is 4. The van der Waals surface area contributed by atoms with Gasteiger partial charge in [0.15, 0.2) is 6.10 Å². The van der Waals surface area contributed by atoms with Crippen molar-refractivity contribution in [2.24, 2.45) is 5.73 Å². The first-order valence-corrected chi connectivity index (χ1v) is 4.38. The zero-order chi connectivity index (χ0) is 11.3. The molecule has 0 bridgehead atoms. The van der Waals surface area contributed by atoms with Crippen LogP contribution in [-0.2, 0) is 4.74 Å². The van der Waals surface area contributed by atoms with E-state index in [9.17, 15) is 4.79 Å². The fourth-order valence-electron chi connectivity index (χ4n) is 1.17. The zero-order valence-corrected chi connectivity index (χ0v) is 8.34. The summed E-state index contributed by atoms with van der Waals surface area (Å²) < 4.78 is 9.68. The van der Waals surface area contributed by atoms with Crippen molar-refractivity contribution in [1.29, 1.82) is 0 Å². The molecule has 1 rings (SSSR count). The summed E-state index contributed by atoms with van der Waals surface area (Å²) in [7, 11) is 1.55. The third-order valence-corrected chi connectivity index (χ3v) is 1.91. The third kappa shape index (κ3) is 3.14. The first kappa shape index (κ1) is 11.3. The number of primary amides is 1. The highest BCUT2D eigenvalue weighted by atomic mass is 16.6. The molecule has 15 heavy (non-hydrogen) atoms. The molecule has 0 saturated carbocycles. The average molecular weight is 211 g/mol. The van der Waals surface area contributed by atoms with E-state index in [0.717, 1.165) is 0 Å². The highest BCUT2D eigenvalue weighted by molar-refractivity contribution is 5.65. The van der Waals surface area contributed by atoms with Crippen LogP contribution in [0.25, 0.3) is 0 Å². The Balaban J connectivity index is 2.78. The van der Waals surface area contributed by atoms with E-state index < -0.39 is 12.2 Å². The lowest BCUT2D eigenvalue weighted by molar-refractivity contribution is 0.0632. The molecule has 0 aliphatic rings. The standard InChI is InChI=1S/C10H13NO4/c1-14-8-4-2-7(3-5-8)9(6-12)15-10(11)13/h2-5,9,12H,6H2,1H3,(H2,11,13)/t9-/m1/s1. The molecule has 0 aromatic heterocycles. The summed E-state index contributed by atoms with van der Waals surface area (Å²) in [6.45, 7) is -0.310. The third-order valence-electron chi connectivity index (χ3n) is 1.91. The van der Waals surface area contributed by atoms with Gasteiger partial charge in [0.25, 0.3) is 0 Å². The van der Waals surface area contributed by atoms with Gasteiger partial charge in [0.1, 0.15) is 5.75 Å². The molecule has 0 unspecified atom stereocenters. The first-order chi connectivity index (χ1) is 7.17. The molecule has 0 aliphatic heterocycles. The quantitative estimate of drug-likeness (QED) is 0.772. The van der Waals surface area contributed by atoms with Crippen molar-refractivity contribution in [1.82, 2.24) is 0 Å². The molecule has 0 radical (unpaired) electrons. The summed E-state index contributed by atoms with van der Waals surface area (Å²) in [6, 6.07) is 6.82. The van der Waals surface area contributed by atoms with Crippen LogP contribution >= 0.6 is 0 Å². The summed E-state index contributed by atoms with van der Waals surface area (Å²) >= 11 is 0. The highest BCUT2D eigenvalue weighted by Gasteiger charge is 2.13. The van der Waals surface area contributed by atoms with Crippen molar-refractivity contribution in [2.75, 3.05) is 13.7 Å². The van der Waals surface area contributed by atoms with Gasteiger partial charge in [-0.05, 0) is 17.7 Å². The van der Waals surface area contributed by atoms with Crippen LogP contribution in [0.2, 0.25) is 0 Å². The molecule has 0 spiro atoms. The molecule has 0 fully saturated rings. The normalized spacial score (nSPS) is 11.9. The van der Waals surface area contributed by atoms with E-state index in [4.69, 9.17) is 20.3 Å². The molecule has 1 atom stereocenters. The smallest absolute Gasteiger partial charge is 0.405 e. The van der Waals surface area contributed by atoms with Crippen molar-refractivity contribution in [3.8, 4) is 5.75 Å². The minimum atomic E-state index is -0.912. The Labute approximate surface area is 87.4 Å². The largest absolute Gasteiger partial charge is 0.497 e. The topological polar surface area (TPSA) is 81.8 Å². The van der Waals surface area contributed by atoms with Gasteiger partial charge < -0.3 is 20.3 Å². The van der Waals surface area contributed by atoms with Crippen LogP contribution in [0.3, 0.4) is 0 Å². The minimum Gasteiger partial charge on any atom is -0.497 e. The van der Waals surface area contributed by atoms with Gasteiger partial charge in [0.2, 0.25) is 0 Å². The molecular weight excluding hydrogens is 198 g/mol. The van der Waals surface area contributed by atoms with Gasteiger partial charge in [-0.1, -0.05) is 12.1 Å². The van der Waals surface area contributed by atoms with E-state index in [-0.39, 0.29) is 6.61 Å². The number of aliphatic hydroxyl groups excluding tert-OH is 1. The Bertz CT molecular complexity index is 323. The summed E-state index contributed by atoms with van der Waals surface area (Å²) in [6.07, 6.45) is -1.64. The molecule has 1 aromatic carbocycles. The average Bonchev–Trinajstić information content (AvgIpc) is 2.26. The second-order valence-corrected chi connectivity index (χ2v) is 2.88. The Morgan fingerprint density at radius 2 is 2.07 bits per heavy atom. The predicted octanol–water partition coefficient (Wildman–Crippen LogP) is 0.824. The van der Waals surface area contributed by atoms with Gasteiger partial charge >= 0.3 is 6.09 Å². The molecule has 0 saturated heterocycles. The van der Waals surface area contributed by atoms with Crippen LogP contribution in [-0.4, -0.2) is 24.9 Å². The van der Waals surface area contributed by atoms with E-state index in [1.54, 1.807) is 31.4 Å². The predicted molar refractivity (Wildman–Crippen MR) is 53.5 cm³/mol. The number of carbonyl (C=O) groups excluding carboxylic acids is 1. The molecule has 82 valence electrons. The summed E-state index contributed by atoms with van der Waals surface area (Å²) in [5.41, 5.74) is 5.53. The molecule has 0 aliphatic carbocycles. The molecular formula is C10H13NO4. The molecule has 1 amide bonds. The van der Waals surface area contributed by atoms with Crippen LogP contribution in [0.5, 0.6) is 5.75 Å². The second-order valence-electron chi connectivity index (χ2n) is 2.88. The maximum atomic E-state index is 10.5. The van der Waals surface area contributed by atoms with E-state index in [0.29, 0.717) is 11.3 Å². The summed E-state index contributed by atoms with van der Waals surface area (Å²) in [5.74, 6) is 0.689. The number of rotatable bonds is 4. The van der Waals surface area contributed by atoms with Crippen molar-refractivity contribution < 1.29 is 19.4 Å². The Hall–Kier alpha value is -1.75. The zero-order valence-electron chi connectivity index (χ0n) is 8.34.